The van der Waals surface area contributed by atoms with Gasteiger partial charge in [-0.2, -0.15) is 0 Å². The highest BCUT2D eigenvalue weighted by atomic mass is 16.7. The van der Waals surface area contributed by atoms with Gasteiger partial charge in [0.15, 0.2) is 0 Å². The van der Waals surface area contributed by atoms with Crippen molar-refractivity contribution in [1.82, 2.24) is 9.96 Å². The summed E-state index contributed by atoms with van der Waals surface area (Å²) in [6.07, 6.45) is 0. The van der Waals surface area contributed by atoms with E-state index in [-0.39, 0.29) is 13.2 Å². The van der Waals surface area contributed by atoms with E-state index in [1.165, 1.54) is 4.90 Å². The van der Waals surface area contributed by atoms with Crippen LogP contribution < -0.4 is 0 Å². The Balaban J connectivity index is 2.05. The molecule has 0 radical (unpaired) electrons. The second kappa shape index (κ2) is 7.20. The van der Waals surface area contributed by atoms with E-state index in [2.05, 4.69) is 0 Å². The molecule has 1 aliphatic heterocycles. The monoisotopic (exact) mass is 368 g/mol. The van der Waals surface area contributed by atoms with Crippen LogP contribution in [0.3, 0.4) is 0 Å². The Kier molecular flexibility index (Phi) is 4.96. The van der Waals surface area contributed by atoms with Crippen molar-refractivity contribution in [1.29, 1.82) is 0 Å². The number of hydrogen-bond donors (Lipinski definition) is 1. The fourth-order valence-corrected chi connectivity index (χ4v) is 3.12. The molecule has 0 bridgehead atoms. The first-order chi connectivity index (χ1) is 12.9. The van der Waals surface area contributed by atoms with Gasteiger partial charge >= 0.3 is 12.0 Å². The molecule has 3 amide bonds. The molecule has 1 N–H and O–H groups in total. The summed E-state index contributed by atoms with van der Waals surface area (Å²) in [6.45, 7) is 2.79. The zero-order valence-corrected chi connectivity index (χ0v) is 15.1. The number of urea groups is 1. The summed E-state index contributed by atoms with van der Waals surface area (Å²) in [7, 11) is 0. The van der Waals surface area contributed by atoms with Crippen LogP contribution in [-0.2, 0) is 33.1 Å². The average molecular weight is 368 g/mol. The second-order valence-corrected chi connectivity index (χ2v) is 6.46. The molecule has 0 aromatic heterocycles. The Morgan fingerprint density at radius 2 is 1.67 bits per heavy atom. The van der Waals surface area contributed by atoms with E-state index < -0.39 is 23.4 Å². The van der Waals surface area contributed by atoms with Crippen molar-refractivity contribution in [3.63, 3.8) is 0 Å². The first kappa shape index (κ1) is 18.6. The number of amides is 3. The molecular weight excluding hydrogens is 348 g/mol. The smallest absolute Gasteiger partial charge is 0.362 e. The van der Waals surface area contributed by atoms with Gasteiger partial charge in [-0.05, 0) is 23.6 Å². The summed E-state index contributed by atoms with van der Waals surface area (Å²) in [5.74, 6) is -1.40. The van der Waals surface area contributed by atoms with Gasteiger partial charge in [-0.1, -0.05) is 59.7 Å². The van der Waals surface area contributed by atoms with Crippen LogP contribution in [0.5, 0.6) is 0 Å². The van der Waals surface area contributed by atoms with Crippen molar-refractivity contribution in [2.24, 2.45) is 0 Å². The molecule has 0 aliphatic carbocycles. The Morgan fingerprint density at radius 1 is 1.04 bits per heavy atom. The van der Waals surface area contributed by atoms with Crippen molar-refractivity contribution in [2.45, 2.75) is 32.5 Å². The van der Waals surface area contributed by atoms with E-state index in [0.717, 1.165) is 12.5 Å². The van der Waals surface area contributed by atoms with Crippen molar-refractivity contribution in [2.75, 3.05) is 0 Å². The summed E-state index contributed by atoms with van der Waals surface area (Å²) in [4.78, 5) is 43.6. The number of imide groups is 1. The molecule has 1 heterocycles. The number of aliphatic hydroxyl groups is 1. The number of rotatable bonds is 5. The molecule has 27 heavy (non-hydrogen) atoms. The second-order valence-electron chi connectivity index (χ2n) is 6.46. The molecule has 1 aliphatic rings. The number of carbonyl (C=O) groups excluding carboxylic acids is 3. The summed E-state index contributed by atoms with van der Waals surface area (Å²) in [5, 5.41) is 9.76. The van der Waals surface area contributed by atoms with Crippen molar-refractivity contribution in [3.8, 4) is 0 Å². The standard InChI is InChI=1S/C20H20N2O5/c1-14(24)27-22-18(25)20(2,17-10-8-16(13-23)9-11-17)21(19(22)26)12-15-6-4-3-5-7-15/h3-11,23H,12-13H2,1-2H3. The lowest BCUT2D eigenvalue weighted by Gasteiger charge is -2.32. The van der Waals surface area contributed by atoms with Gasteiger partial charge in [-0.15, -0.1) is 0 Å². The first-order valence-electron chi connectivity index (χ1n) is 8.47. The normalized spacial score (nSPS) is 19.5. The summed E-state index contributed by atoms with van der Waals surface area (Å²) in [6, 6.07) is 15.3. The molecule has 140 valence electrons. The van der Waals surface area contributed by atoms with Crippen molar-refractivity contribution >= 4 is 17.9 Å². The fourth-order valence-electron chi connectivity index (χ4n) is 3.12. The lowest BCUT2D eigenvalue weighted by molar-refractivity contribution is -0.182. The lowest BCUT2D eigenvalue weighted by Crippen LogP contribution is -2.44. The third kappa shape index (κ3) is 3.29. The first-order valence-corrected chi connectivity index (χ1v) is 8.47. The largest absolute Gasteiger partial charge is 0.392 e. The summed E-state index contributed by atoms with van der Waals surface area (Å²) < 4.78 is 0. The maximum absolute atomic E-state index is 13.1. The summed E-state index contributed by atoms with van der Waals surface area (Å²) in [5.41, 5.74) is 0.729. The van der Waals surface area contributed by atoms with Crippen LogP contribution in [0.25, 0.3) is 0 Å². The van der Waals surface area contributed by atoms with E-state index in [4.69, 9.17) is 4.84 Å². The number of hydroxylamine groups is 2. The molecule has 1 saturated heterocycles. The minimum Gasteiger partial charge on any atom is -0.392 e. The van der Waals surface area contributed by atoms with Gasteiger partial charge in [-0.3, -0.25) is 9.69 Å². The molecule has 2 aromatic rings. The predicted molar refractivity (Wildman–Crippen MR) is 95.7 cm³/mol. The highest BCUT2D eigenvalue weighted by molar-refractivity contribution is 6.06. The van der Waals surface area contributed by atoms with Crippen molar-refractivity contribution < 1.29 is 24.3 Å². The third-order valence-electron chi connectivity index (χ3n) is 4.65. The van der Waals surface area contributed by atoms with Crippen LogP contribution in [0.1, 0.15) is 30.5 Å². The van der Waals surface area contributed by atoms with Crippen LogP contribution >= 0.6 is 0 Å². The van der Waals surface area contributed by atoms with Gasteiger partial charge < -0.3 is 9.94 Å². The molecule has 7 nitrogen and oxygen atoms in total. The molecule has 0 spiro atoms. The van der Waals surface area contributed by atoms with Gasteiger partial charge in [0, 0.05) is 13.5 Å². The maximum Gasteiger partial charge on any atom is 0.362 e. The molecular formula is C20H20N2O5. The highest BCUT2D eigenvalue weighted by Gasteiger charge is 2.57. The van der Waals surface area contributed by atoms with Crippen molar-refractivity contribution in [3.05, 3.63) is 71.3 Å². The zero-order chi connectivity index (χ0) is 19.6. The molecule has 7 heteroatoms. The van der Waals surface area contributed by atoms with Crippen LogP contribution in [-0.4, -0.2) is 33.0 Å². The van der Waals surface area contributed by atoms with E-state index in [1.807, 2.05) is 30.3 Å². The van der Waals surface area contributed by atoms with Gasteiger partial charge in [-0.25, -0.2) is 9.59 Å². The number of benzene rings is 2. The Labute approximate surface area is 156 Å². The fraction of sp³-hybridized carbons (Fsp3) is 0.250. The third-order valence-corrected chi connectivity index (χ3v) is 4.65. The zero-order valence-electron chi connectivity index (χ0n) is 15.1. The van der Waals surface area contributed by atoms with Gasteiger partial charge in [0.25, 0.3) is 5.91 Å². The molecule has 1 fully saturated rings. The average Bonchev–Trinajstić information content (AvgIpc) is 2.85. The molecule has 0 saturated carbocycles. The SMILES string of the molecule is CC(=O)ON1C(=O)N(Cc2ccccc2)C(C)(c2ccc(CO)cc2)C1=O. The molecule has 1 atom stereocenters. The number of hydrogen-bond acceptors (Lipinski definition) is 5. The van der Waals surface area contributed by atoms with E-state index in [9.17, 15) is 19.5 Å². The number of nitrogens with zero attached hydrogens (tertiary/aromatic N) is 2. The van der Waals surface area contributed by atoms with Gasteiger partial charge in [0.05, 0.1) is 6.61 Å². The maximum atomic E-state index is 13.1. The predicted octanol–water partition coefficient (Wildman–Crippen LogP) is 2.34. The molecule has 1 unspecified atom stereocenters. The number of carbonyl (C=O) groups is 3. The van der Waals surface area contributed by atoms with E-state index in [1.54, 1.807) is 31.2 Å². The van der Waals surface area contributed by atoms with Crippen LogP contribution in [0.2, 0.25) is 0 Å². The van der Waals surface area contributed by atoms with Crippen LogP contribution in [0, 0.1) is 0 Å². The quantitative estimate of drug-likeness (QED) is 0.819. The lowest BCUT2D eigenvalue weighted by atomic mass is 9.89. The Hall–Kier alpha value is -3.19. The Bertz CT molecular complexity index is 866. The Morgan fingerprint density at radius 3 is 2.22 bits per heavy atom. The topological polar surface area (TPSA) is 87.2 Å². The molecule has 3 rings (SSSR count). The highest BCUT2D eigenvalue weighted by Crippen LogP contribution is 2.38. The van der Waals surface area contributed by atoms with Crippen LogP contribution in [0.4, 0.5) is 4.79 Å². The van der Waals surface area contributed by atoms with Gasteiger partial charge in [0.1, 0.15) is 5.54 Å². The minimum atomic E-state index is -1.35. The van der Waals surface area contributed by atoms with Crippen LogP contribution in [0.15, 0.2) is 54.6 Å². The van der Waals surface area contributed by atoms with E-state index in [0.29, 0.717) is 16.2 Å². The van der Waals surface area contributed by atoms with E-state index >= 15 is 0 Å². The number of aliphatic hydroxyl groups excluding tert-OH is 1. The minimum absolute atomic E-state index is 0.128. The molecule has 2 aromatic carbocycles. The van der Waals surface area contributed by atoms with Gasteiger partial charge in [0.2, 0.25) is 0 Å². The summed E-state index contributed by atoms with van der Waals surface area (Å²) >= 11 is 0.